The lowest BCUT2D eigenvalue weighted by atomic mass is 9.90. The number of benzene rings is 3. The van der Waals surface area contributed by atoms with Gasteiger partial charge in [-0.1, -0.05) is 72.8 Å². The molecule has 0 unspecified atom stereocenters. The number of hydrogen-bond acceptors (Lipinski definition) is 6. The van der Waals surface area contributed by atoms with Crippen molar-refractivity contribution >= 4 is 28.1 Å². The Bertz CT molecular complexity index is 1360. The lowest BCUT2D eigenvalue weighted by molar-refractivity contribution is -0.129. The van der Waals surface area contributed by atoms with Crippen LogP contribution in [0.5, 0.6) is 5.75 Å². The van der Waals surface area contributed by atoms with Crippen molar-refractivity contribution in [3.8, 4) is 5.75 Å². The molecule has 0 aliphatic rings. The summed E-state index contributed by atoms with van der Waals surface area (Å²) in [6.45, 7) is 0.519. The molecule has 12 heteroatoms. The molecule has 2 amide bonds. The fourth-order valence-electron chi connectivity index (χ4n) is 4.01. The van der Waals surface area contributed by atoms with Crippen molar-refractivity contribution in [3.63, 3.8) is 0 Å². The van der Waals surface area contributed by atoms with Crippen molar-refractivity contribution in [2.75, 3.05) is 20.6 Å². The van der Waals surface area contributed by atoms with Gasteiger partial charge in [0, 0.05) is 27.2 Å². The molecule has 0 bridgehead atoms. The number of hydrogen-bond donors (Lipinski definition) is 5. The first-order valence-corrected chi connectivity index (χ1v) is 14.4. The summed E-state index contributed by atoms with van der Waals surface area (Å²) in [5.74, 6) is -1.34. The lowest BCUT2D eigenvalue weighted by Crippen LogP contribution is -2.48. The quantitative estimate of drug-likeness (QED) is 0.111. The molecule has 3 aromatic carbocycles. The minimum absolute atomic E-state index is 0.143. The summed E-state index contributed by atoms with van der Waals surface area (Å²) in [6.07, 6.45) is 0.787. The number of nitrogens with two attached hydrogens (primary N) is 1. The molecule has 0 heterocycles. The molecule has 0 saturated carbocycles. The van der Waals surface area contributed by atoms with Crippen molar-refractivity contribution in [2.24, 2.45) is 5.73 Å². The number of carbonyl (C=O) groups is 2. The molecule has 6 N–H and O–H groups in total. The van der Waals surface area contributed by atoms with E-state index in [2.05, 4.69) is 16.0 Å². The predicted molar refractivity (Wildman–Crippen MR) is 157 cm³/mol. The van der Waals surface area contributed by atoms with Gasteiger partial charge in [-0.2, -0.15) is 12.7 Å². The van der Waals surface area contributed by atoms with Crippen LogP contribution in [0, 0.1) is 5.41 Å². The molecule has 218 valence electrons. The Labute approximate surface area is 240 Å². The average molecular weight is 581 g/mol. The largest absolute Gasteiger partial charge is 0.384 e. The topological polar surface area (TPSA) is 167 Å². The number of carbonyl (C=O) groups excluding carboxylic acids is 2. The summed E-state index contributed by atoms with van der Waals surface area (Å²) in [4.78, 5) is 26.9. The van der Waals surface area contributed by atoms with E-state index in [1.165, 1.54) is 26.2 Å². The fraction of sp³-hybridized carbons (Fsp3) is 0.276. The molecule has 3 aromatic rings. The van der Waals surface area contributed by atoms with E-state index in [1.54, 1.807) is 12.1 Å². The number of amides is 2. The first kappa shape index (κ1) is 31.1. The lowest BCUT2D eigenvalue weighted by Gasteiger charge is -2.23. The fourth-order valence-corrected chi connectivity index (χ4v) is 4.51. The van der Waals surface area contributed by atoms with Crippen LogP contribution in [0.2, 0.25) is 0 Å². The van der Waals surface area contributed by atoms with Gasteiger partial charge in [-0.25, -0.2) is 0 Å². The Morgan fingerprint density at radius 3 is 1.95 bits per heavy atom. The second kappa shape index (κ2) is 14.8. The van der Waals surface area contributed by atoms with Gasteiger partial charge in [-0.15, -0.1) is 0 Å². The minimum atomic E-state index is -3.88. The summed E-state index contributed by atoms with van der Waals surface area (Å²) in [6, 6.07) is 24.1. The molecule has 0 aromatic heterocycles. The standard InChI is InChI=1S/C29H36N6O5S/c1-35(2)41(38,39)40-24-17-15-21(16-18-24)20-33-27(36)25(14-9-19-32-29(30)31)34-28(37)26(22-10-5-3-6-11-22)23-12-7-4-8-13-23/h3-8,10-13,15-18,25-26H,9,14,19-20H2,1-2H3,(H,33,36)(H,34,37)(H4,30,31,32)/t25-/m1/s1. The molecule has 1 atom stereocenters. The Hall–Kier alpha value is -4.42. The second-order valence-corrected chi connectivity index (χ2v) is 11.2. The molecule has 11 nitrogen and oxygen atoms in total. The zero-order chi connectivity index (χ0) is 29.8. The Morgan fingerprint density at radius 1 is 0.878 bits per heavy atom. The number of guanidine groups is 1. The van der Waals surface area contributed by atoms with Gasteiger partial charge in [-0.05, 0) is 41.7 Å². The molecular weight excluding hydrogens is 544 g/mol. The number of nitrogens with one attached hydrogen (secondary N) is 4. The maximum absolute atomic E-state index is 13.6. The van der Waals surface area contributed by atoms with Crippen molar-refractivity contribution in [3.05, 3.63) is 102 Å². The Balaban J connectivity index is 1.72. The molecule has 0 spiro atoms. The molecule has 0 saturated heterocycles. The van der Waals surface area contributed by atoms with E-state index in [4.69, 9.17) is 15.3 Å². The van der Waals surface area contributed by atoms with Crippen molar-refractivity contribution in [2.45, 2.75) is 31.3 Å². The highest BCUT2D eigenvalue weighted by Gasteiger charge is 2.27. The summed E-state index contributed by atoms with van der Waals surface area (Å²) < 4.78 is 29.8. The first-order valence-electron chi connectivity index (χ1n) is 13.0. The van der Waals surface area contributed by atoms with Gasteiger partial charge in [0.15, 0.2) is 5.96 Å². The van der Waals surface area contributed by atoms with Gasteiger partial charge in [0.25, 0.3) is 0 Å². The molecule has 41 heavy (non-hydrogen) atoms. The minimum Gasteiger partial charge on any atom is -0.371 e. The highest BCUT2D eigenvalue weighted by atomic mass is 32.2. The van der Waals surface area contributed by atoms with Crippen molar-refractivity contribution in [1.82, 2.24) is 20.3 Å². The van der Waals surface area contributed by atoms with E-state index in [0.717, 1.165) is 15.4 Å². The van der Waals surface area contributed by atoms with Crippen LogP contribution in [0.25, 0.3) is 0 Å². The van der Waals surface area contributed by atoms with E-state index in [0.29, 0.717) is 24.9 Å². The summed E-state index contributed by atoms with van der Waals surface area (Å²) in [5.41, 5.74) is 7.68. The van der Waals surface area contributed by atoms with Crippen LogP contribution in [-0.2, 0) is 26.4 Å². The predicted octanol–water partition coefficient (Wildman–Crippen LogP) is 2.07. The first-order chi connectivity index (χ1) is 19.6. The van der Waals surface area contributed by atoms with E-state index in [9.17, 15) is 18.0 Å². The molecule has 3 rings (SSSR count). The molecule has 0 radical (unpaired) electrons. The summed E-state index contributed by atoms with van der Waals surface area (Å²) in [5, 5.41) is 15.8. The number of nitrogens with zero attached hydrogens (tertiary/aromatic N) is 1. The number of rotatable bonds is 14. The molecule has 0 fully saturated rings. The van der Waals surface area contributed by atoms with Gasteiger partial charge in [0.05, 0.1) is 5.92 Å². The molecule has 0 aliphatic carbocycles. The van der Waals surface area contributed by atoms with Crippen LogP contribution in [0.15, 0.2) is 84.9 Å². The highest BCUT2D eigenvalue weighted by molar-refractivity contribution is 7.84. The normalized spacial score (nSPS) is 12.0. The monoisotopic (exact) mass is 580 g/mol. The van der Waals surface area contributed by atoms with E-state index < -0.39 is 22.3 Å². The van der Waals surface area contributed by atoms with Crippen LogP contribution >= 0.6 is 0 Å². The third-order valence-corrected chi connectivity index (χ3v) is 7.48. The maximum atomic E-state index is 13.6. The van der Waals surface area contributed by atoms with Crippen LogP contribution in [0.1, 0.15) is 35.4 Å². The zero-order valence-electron chi connectivity index (χ0n) is 23.0. The van der Waals surface area contributed by atoms with Gasteiger partial charge in [-0.3, -0.25) is 15.0 Å². The van der Waals surface area contributed by atoms with Crippen LogP contribution in [-0.4, -0.2) is 57.2 Å². The third kappa shape index (κ3) is 9.62. The van der Waals surface area contributed by atoms with Crippen molar-refractivity contribution in [1.29, 1.82) is 5.41 Å². The van der Waals surface area contributed by atoms with E-state index in [-0.39, 0.29) is 30.1 Å². The smallest absolute Gasteiger partial charge is 0.371 e. The van der Waals surface area contributed by atoms with Gasteiger partial charge in [0.2, 0.25) is 11.8 Å². The van der Waals surface area contributed by atoms with E-state index in [1.807, 2.05) is 60.7 Å². The van der Waals surface area contributed by atoms with Gasteiger partial charge < -0.3 is 25.9 Å². The Morgan fingerprint density at radius 2 is 1.44 bits per heavy atom. The van der Waals surface area contributed by atoms with Gasteiger partial charge >= 0.3 is 10.3 Å². The maximum Gasteiger partial charge on any atom is 0.384 e. The Kier molecular flexibility index (Phi) is 11.2. The van der Waals surface area contributed by atoms with Crippen LogP contribution in [0.3, 0.4) is 0 Å². The average Bonchev–Trinajstić information content (AvgIpc) is 2.95. The van der Waals surface area contributed by atoms with Crippen LogP contribution < -0.4 is 25.9 Å². The third-order valence-electron chi connectivity index (χ3n) is 6.18. The second-order valence-electron chi connectivity index (χ2n) is 9.48. The SMILES string of the molecule is CN(C)S(=O)(=O)Oc1ccc(CNC(=O)[C@@H](CCCNC(=N)N)NC(=O)C(c2ccccc2)c2ccccc2)cc1. The molecular formula is C29H36N6O5S. The highest BCUT2D eigenvalue weighted by Crippen LogP contribution is 2.25. The van der Waals surface area contributed by atoms with Gasteiger partial charge in [0.1, 0.15) is 11.8 Å². The van der Waals surface area contributed by atoms with E-state index >= 15 is 0 Å². The summed E-state index contributed by atoms with van der Waals surface area (Å²) in [7, 11) is -1.14. The molecule has 0 aliphatic heterocycles. The van der Waals surface area contributed by atoms with Crippen LogP contribution in [0.4, 0.5) is 0 Å². The van der Waals surface area contributed by atoms with Crippen molar-refractivity contribution < 1.29 is 22.2 Å². The zero-order valence-corrected chi connectivity index (χ0v) is 23.9. The summed E-state index contributed by atoms with van der Waals surface area (Å²) >= 11 is 0.